The van der Waals surface area contributed by atoms with Crippen molar-refractivity contribution in [3.63, 3.8) is 0 Å². The molecule has 3 aromatic carbocycles. The number of H-pyrrole nitrogens is 1. The molecule has 17 heteroatoms. The summed E-state index contributed by atoms with van der Waals surface area (Å²) in [6, 6.07) is 22.0. The van der Waals surface area contributed by atoms with E-state index in [0.29, 0.717) is 36.3 Å². The van der Waals surface area contributed by atoms with Gasteiger partial charge in [-0.1, -0.05) is 87.2 Å². The Labute approximate surface area is 420 Å². The molecule has 16 nitrogen and oxygen atoms in total. The van der Waals surface area contributed by atoms with Crippen molar-refractivity contribution in [2.45, 2.75) is 117 Å². The summed E-state index contributed by atoms with van der Waals surface area (Å²) in [6.07, 6.45) is 0.185. The van der Waals surface area contributed by atoms with Gasteiger partial charge >= 0.3 is 6.03 Å². The van der Waals surface area contributed by atoms with Crippen LogP contribution < -0.4 is 21.3 Å². The summed E-state index contributed by atoms with van der Waals surface area (Å²) in [5.41, 5.74) is 6.90. The Kier molecular flexibility index (Phi) is 16.1. The number of anilines is 1. The van der Waals surface area contributed by atoms with Gasteiger partial charge in [0.2, 0.25) is 17.7 Å². The molecule has 71 heavy (non-hydrogen) atoms. The van der Waals surface area contributed by atoms with Crippen molar-refractivity contribution >= 4 is 46.8 Å². The summed E-state index contributed by atoms with van der Waals surface area (Å²) >= 11 is 1.57. The third-order valence-corrected chi connectivity index (χ3v) is 14.1. The zero-order valence-corrected chi connectivity index (χ0v) is 42.9. The summed E-state index contributed by atoms with van der Waals surface area (Å²) in [5.74, 6) is 5.09. The van der Waals surface area contributed by atoms with Crippen LogP contribution in [-0.4, -0.2) is 110 Å². The van der Waals surface area contributed by atoms with Crippen LogP contribution in [0.15, 0.2) is 84.4 Å². The van der Waals surface area contributed by atoms with E-state index in [-0.39, 0.29) is 61.8 Å². The molecule has 5 aromatic rings. The first-order valence-corrected chi connectivity index (χ1v) is 24.9. The number of aromatic nitrogens is 3. The van der Waals surface area contributed by atoms with Crippen molar-refractivity contribution in [2.75, 3.05) is 32.5 Å². The molecular weight excluding hydrogens is 917 g/mol. The van der Waals surface area contributed by atoms with Crippen LogP contribution in [0.2, 0.25) is 0 Å². The van der Waals surface area contributed by atoms with Crippen LogP contribution in [0.1, 0.15) is 123 Å². The smallest absolute Gasteiger partial charge is 0.319 e. The first-order chi connectivity index (χ1) is 33.7. The Morgan fingerprint density at radius 1 is 0.958 bits per heavy atom. The number of nitrogens with one attached hydrogen (secondary N) is 5. The average Bonchev–Trinajstić information content (AvgIpc) is 4.11. The van der Waals surface area contributed by atoms with E-state index in [2.05, 4.69) is 48.3 Å². The quantitative estimate of drug-likeness (QED) is 0.0469. The number of aryl methyl sites for hydroxylation is 1. The number of likely N-dealkylation sites (N-methyl/N-ethyl adjacent to an activating group) is 1. The summed E-state index contributed by atoms with van der Waals surface area (Å²) < 4.78 is 0. The minimum absolute atomic E-state index is 0.0171. The molecule has 0 radical (unpaired) electrons. The van der Waals surface area contributed by atoms with Gasteiger partial charge in [0, 0.05) is 49.0 Å². The number of benzene rings is 3. The highest BCUT2D eigenvalue weighted by atomic mass is 32.1. The highest BCUT2D eigenvalue weighted by Crippen LogP contribution is 2.41. The number of likely N-dealkylation sites (tertiary alicyclic amines) is 1. The van der Waals surface area contributed by atoms with Gasteiger partial charge in [0.15, 0.2) is 5.82 Å². The molecule has 2 aliphatic rings. The molecular formula is C54H66N10O6S. The number of β-amino-alcohol motifs (C(OH)–C–C–N with tert-alkyl or cyclic N) is 1. The molecule has 2 aliphatic heterocycles. The summed E-state index contributed by atoms with van der Waals surface area (Å²) in [6.45, 7) is 14.2. The largest absolute Gasteiger partial charge is 0.391 e. The number of thiazole rings is 1. The van der Waals surface area contributed by atoms with Gasteiger partial charge in [-0.2, -0.15) is 5.10 Å². The maximum atomic E-state index is 14.1. The third-order valence-electron chi connectivity index (χ3n) is 13.1. The van der Waals surface area contributed by atoms with E-state index in [0.717, 1.165) is 38.5 Å². The van der Waals surface area contributed by atoms with E-state index in [1.165, 1.54) is 4.90 Å². The number of aliphatic hydroxyl groups is 1. The van der Waals surface area contributed by atoms with Crippen LogP contribution in [0.5, 0.6) is 0 Å². The number of nitrogens with zero attached hydrogens (tertiary/aromatic N) is 5. The molecule has 7 rings (SSSR count). The molecule has 374 valence electrons. The van der Waals surface area contributed by atoms with Crippen LogP contribution in [-0.2, 0) is 26.5 Å². The van der Waals surface area contributed by atoms with Crippen molar-refractivity contribution in [1.82, 2.24) is 45.8 Å². The zero-order valence-electron chi connectivity index (χ0n) is 42.1. The second-order valence-corrected chi connectivity index (χ2v) is 21.2. The fourth-order valence-corrected chi connectivity index (χ4v) is 9.90. The predicted octanol–water partition coefficient (Wildman–Crippen LogP) is 7.05. The van der Waals surface area contributed by atoms with Crippen molar-refractivity contribution in [1.29, 1.82) is 0 Å². The van der Waals surface area contributed by atoms with Crippen LogP contribution in [0.4, 0.5) is 10.6 Å². The summed E-state index contributed by atoms with van der Waals surface area (Å²) in [5, 5.41) is 30.2. The lowest BCUT2D eigenvalue weighted by atomic mass is 9.85. The topological polar surface area (TPSA) is 205 Å². The number of amides is 6. The minimum atomic E-state index is -0.939. The molecule has 1 fully saturated rings. The van der Waals surface area contributed by atoms with Crippen molar-refractivity contribution in [3.8, 4) is 22.3 Å². The highest BCUT2D eigenvalue weighted by molar-refractivity contribution is 7.13. The normalized spacial score (nSPS) is 17.4. The number of urea groups is 1. The Bertz CT molecular complexity index is 2770. The molecule has 0 spiro atoms. The van der Waals surface area contributed by atoms with Crippen LogP contribution in [0, 0.1) is 24.2 Å². The SMILES string of the molecule is Cc1ncsc1-c1ccc([C@H](C)NC(=O)[C@@H]2C[C@@H](O)CN2C(=O)[C@@H](NC(=O)CCCC#Cc2ccc(C(=O)Nc3n[nH]c4c3CN(C(=O)N[C@H](CN(C)C)c3ccccc3)C4(C)C)cc2)C(C)(C)C)cc1. The molecule has 0 bridgehead atoms. The molecule has 0 saturated carbocycles. The van der Waals surface area contributed by atoms with Gasteiger partial charge in [0.05, 0.1) is 52.0 Å². The molecule has 0 unspecified atom stereocenters. The van der Waals surface area contributed by atoms with E-state index >= 15 is 0 Å². The maximum absolute atomic E-state index is 14.1. The fourth-order valence-electron chi connectivity index (χ4n) is 9.09. The predicted molar refractivity (Wildman–Crippen MR) is 275 cm³/mol. The highest BCUT2D eigenvalue weighted by Gasteiger charge is 2.46. The van der Waals surface area contributed by atoms with Gasteiger partial charge in [0.25, 0.3) is 5.91 Å². The van der Waals surface area contributed by atoms with Gasteiger partial charge in [-0.25, -0.2) is 9.78 Å². The Morgan fingerprint density at radius 3 is 2.31 bits per heavy atom. The number of hydrogen-bond donors (Lipinski definition) is 6. The first-order valence-electron chi connectivity index (χ1n) is 24.1. The van der Waals surface area contributed by atoms with E-state index in [4.69, 9.17) is 0 Å². The second kappa shape index (κ2) is 22.0. The second-order valence-electron chi connectivity index (χ2n) is 20.3. The van der Waals surface area contributed by atoms with Gasteiger partial charge in [0.1, 0.15) is 12.1 Å². The van der Waals surface area contributed by atoms with Crippen LogP contribution in [0.25, 0.3) is 10.4 Å². The van der Waals surface area contributed by atoms with Crippen molar-refractivity contribution in [2.24, 2.45) is 5.41 Å². The van der Waals surface area contributed by atoms with Gasteiger partial charge in [-0.15, -0.1) is 11.3 Å². The minimum Gasteiger partial charge on any atom is -0.391 e. The van der Waals surface area contributed by atoms with E-state index in [9.17, 15) is 29.1 Å². The number of hydrogen-bond acceptors (Lipinski definition) is 10. The van der Waals surface area contributed by atoms with Gasteiger partial charge in [-0.3, -0.25) is 24.3 Å². The van der Waals surface area contributed by atoms with Gasteiger partial charge < -0.3 is 41.1 Å². The van der Waals surface area contributed by atoms with E-state index in [1.54, 1.807) is 40.5 Å². The van der Waals surface area contributed by atoms with Crippen LogP contribution in [0.3, 0.4) is 0 Å². The molecule has 0 aliphatic carbocycles. The zero-order chi connectivity index (χ0) is 51.2. The maximum Gasteiger partial charge on any atom is 0.319 e. The first kappa shape index (κ1) is 52.0. The molecule has 6 N–H and O–H groups in total. The lowest BCUT2D eigenvalue weighted by Crippen LogP contribution is -2.57. The van der Waals surface area contributed by atoms with Gasteiger partial charge in [-0.05, 0) is 94.6 Å². The third kappa shape index (κ3) is 12.4. The lowest BCUT2D eigenvalue weighted by Gasteiger charge is -2.35. The number of unbranched alkanes of at least 4 members (excludes halogenated alkanes) is 1. The number of aliphatic hydroxyl groups excluding tert-OH is 1. The van der Waals surface area contributed by atoms with Crippen molar-refractivity contribution < 1.29 is 29.1 Å². The number of aromatic amines is 1. The molecule has 2 aromatic heterocycles. The number of carbonyl (C=O) groups excluding carboxylic acids is 5. The van der Waals surface area contributed by atoms with E-state index in [1.807, 2.05) is 128 Å². The fraction of sp³-hybridized carbons (Fsp3) is 0.426. The van der Waals surface area contributed by atoms with Crippen molar-refractivity contribution in [3.05, 3.63) is 124 Å². The molecule has 5 atom stereocenters. The molecule has 6 amide bonds. The molecule has 1 saturated heterocycles. The Morgan fingerprint density at radius 2 is 1.66 bits per heavy atom. The lowest BCUT2D eigenvalue weighted by molar-refractivity contribution is -0.144. The average molecular weight is 983 g/mol. The Balaban J connectivity index is 0.883. The number of rotatable bonds is 15. The summed E-state index contributed by atoms with van der Waals surface area (Å²) in [7, 11) is 3.93. The number of carbonyl (C=O) groups is 5. The van der Waals surface area contributed by atoms with E-state index < -0.39 is 35.0 Å². The monoisotopic (exact) mass is 982 g/mol. The Hall–Kier alpha value is -6.87. The molecule has 4 heterocycles. The van der Waals surface area contributed by atoms with Crippen LogP contribution >= 0.6 is 11.3 Å². The summed E-state index contributed by atoms with van der Waals surface area (Å²) in [4.78, 5) is 78.9. The standard InChI is InChI=1S/C54H66N10O6S/c1-33(36-24-26-38(27-25-36)45-34(2)55-32-71-45)56-50(68)43-28-40(65)29-63(43)51(69)47(53(3,4)5)58-44(66)19-15-10-12-16-35-20-22-39(23-21-35)49(67)59-48-41-30-64(54(6,7)46(41)60-61-48)52(70)57-42(31-62(8)9)37-17-13-11-14-18-37/h11,13-14,17-18,20-27,32-33,40,42-43,47,65H,10,15,19,28-31H2,1-9H3,(H,56,68)(H,57,70)(H,58,66)(H2,59,60,61,67)/t33-,40+,42+,43-,47+/m0/s1. The number of fused-ring (bicyclic) bond motifs is 1.